The van der Waals surface area contributed by atoms with Gasteiger partial charge in [0, 0.05) is 73.0 Å². The average Bonchev–Trinajstić information content (AvgIpc) is 3.30. The molecule has 0 atom stereocenters. The third-order valence-electron chi connectivity index (χ3n) is 12.6. The molecule has 0 fully saturated rings. The molecule has 0 amide bonds. The Bertz CT molecular complexity index is 2930. The summed E-state index contributed by atoms with van der Waals surface area (Å²) in [6, 6.07) is 54.9. The summed E-state index contributed by atoms with van der Waals surface area (Å²) in [5, 5.41) is 22.5. The maximum atomic E-state index is 11.2. The smallest absolute Gasteiger partial charge is 0.124 e. The van der Waals surface area contributed by atoms with E-state index in [2.05, 4.69) is 185 Å². The topological polar surface area (TPSA) is 71.7 Å². The van der Waals surface area contributed by atoms with E-state index in [1.54, 1.807) is 12.4 Å². The molecule has 67 heavy (non-hydrogen) atoms. The van der Waals surface area contributed by atoms with Gasteiger partial charge < -0.3 is 20.0 Å². The van der Waals surface area contributed by atoms with Gasteiger partial charge in [0.2, 0.25) is 0 Å². The minimum absolute atomic E-state index is 0.189. The zero-order valence-corrected chi connectivity index (χ0v) is 40.2. The predicted molar refractivity (Wildman–Crippen MR) is 282 cm³/mol. The zero-order chi connectivity index (χ0) is 46.4. The molecule has 0 bridgehead atoms. The fourth-order valence-corrected chi connectivity index (χ4v) is 11.6. The van der Waals surface area contributed by atoms with Crippen LogP contribution in [0.1, 0.15) is 47.2 Å². The SMILES string of the molecule is Cc1cc(N2c3ccccc3Sc3ccccc32)cc(C)c1-c1ccc(/C=N/CC(C)(C)C/N=C/c2ccc(-c3c(C)cc(N4c5ccccc5Sc5ccccc54)cc3C)cc2O)c(O)c1. The second-order valence-corrected chi connectivity index (χ2v) is 20.5. The number of phenols is 2. The Hall–Kier alpha value is -7.00. The lowest BCUT2D eigenvalue weighted by Gasteiger charge is -2.33. The number of benzene rings is 8. The number of aliphatic imine (C=N–C) groups is 2. The van der Waals surface area contributed by atoms with Gasteiger partial charge in [0.1, 0.15) is 11.5 Å². The van der Waals surface area contributed by atoms with Gasteiger partial charge >= 0.3 is 0 Å². The second-order valence-electron chi connectivity index (χ2n) is 18.3. The molecule has 8 aromatic rings. The van der Waals surface area contributed by atoms with E-state index in [1.165, 1.54) is 42.3 Å². The first kappa shape index (κ1) is 43.9. The van der Waals surface area contributed by atoms with E-state index < -0.39 is 0 Å². The Kier molecular flexibility index (Phi) is 11.8. The Morgan fingerprint density at radius 3 is 1.07 bits per heavy atom. The lowest BCUT2D eigenvalue weighted by atomic mass is 9.93. The van der Waals surface area contributed by atoms with Crippen molar-refractivity contribution in [2.75, 3.05) is 22.9 Å². The summed E-state index contributed by atoms with van der Waals surface area (Å²) in [7, 11) is 0. The molecule has 2 aliphatic rings. The van der Waals surface area contributed by atoms with Crippen LogP contribution in [-0.4, -0.2) is 35.7 Å². The molecular weight excluding hydrogens is 861 g/mol. The number of phenolic OH excluding ortho intramolecular Hbond substituents is 2. The van der Waals surface area contributed by atoms with Crippen LogP contribution in [0.15, 0.2) is 187 Å². The first-order chi connectivity index (χ1) is 32.4. The number of fused-ring (bicyclic) bond motifs is 4. The van der Waals surface area contributed by atoms with E-state index in [1.807, 2.05) is 47.8 Å². The summed E-state index contributed by atoms with van der Waals surface area (Å²) in [5.41, 5.74) is 16.7. The molecule has 10 rings (SSSR count). The molecule has 0 spiro atoms. The van der Waals surface area contributed by atoms with Crippen molar-refractivity contribution in [2.45, 2.75) is 61.1 Å². The number of hydrogen-bond donors (Lipinski definition) is 2. The third kappa shape index (κ3) is 8.63. The summed E-state index contributed by atoms with van der Waals surface area (Å²) in [6.07, 6.45) is 3.50. The Morgan fingerprint density at radius 1 is 0.448 bits per heavy atom. The van der Waals surface area contributed by atoms with E-state index >= 15 is 0 Å². The molecule has 2 aliphatic heterocycles. The van der Waals surface area contributed by atoms with E-state index in [-0.39, 0.29) is 16.9 Å². The highest BCUT2D eigenvalue weighted by Crippen LogP contribution is 2.53. The number of para-hydroxylation sites is 4. The molecule has 0 aromatic heterocycles. The molecule has 2 N–H and O–H groups in total. The molecule has 2 heterocycles. The minimum Gasteiger partial charge on any atom is -0.507 e. The number of aryl methyl sites for hydroxylation is 4. The highest BCUT2D eigenvalue weighted by Gasteiger charge is 2.27. The van der Waals surface area contributed by atoms with Crippen LogP contribution in [-0.2, 0) is 0 Å². The third-order valence-corrected chi connectivity index (χ3v) is 14.8. The van der Waals surface area contributed by atoms with Crippen LogP contribution in [0.3, 0.4) is 0 Å². The van der Waals surface area contributed by atoms with Crippen molar-refractivity contribution in [2.24, 2.45) is 15.4 Å². The molecule has 0 saturated heterocycles. The zero-order valence-electron chi connectivity index (χ0n) is 38.6. The number of anilines is 6. The molecule has 0 unspecified atom stereocenters. The summed E-state index contributed by atoms with van der Waals surface area (Å²) in [5.74, 6) is 0.377. The first-order valence-electron chi connectivity index (χ1n) is 22.6. The number of hydrogen-bond acceptors (Lipinski definition) is 8. The van der Waals surface area contributed by atoms with Crippen LogP contribution < -0.4 is 9.80 Å². The van der Waals surface area contributed by atoms with Crippen LogP contribution in [0.25, 0.3) is 22.3 Å². The fourth-order valence-electron chi connectivity index (χ4n) is 9.46. The van der Waals surface area contributed by atoms with Gasteiger partial charge in [0.25, 0.3) is 0 Å². The van der Waals surface area contributed by atoms with E-state index in [9.17, 15) is 10.2 Å². The monoisotopic (exact) mass is 912 g/mol. The standard InChI is InChI=1S/C59H52N4O2S2/c1-37-27-45(62-47-15-7-11-19-53(47)66-54-20-12-8-16-48(54)62)28-38(2)57(37)41-23-25-43(51(64)31-41)33-60-35-59(5,6)36-61-34-44-26-24-42(32-52(44)65)58-39(3)29-46(30-40(58)4)63-49-17-9-13-21-55(49)67-56-22-14-10-18-50(56)63/h7-34,64-65H,35-36H2,1-6H3/b60-33+,61-34+. The molecule has 8 heteroatoms. The summed E-state index contributed by atoms with van der Waals surface area (Å²) in [4.78, 5) is 19.1. The van der Waals surface area contributed by atoms with Crippen LogP contribution in [0, 0.1) is 33.1 Å². The van der Waals surface area contributed by atoms with Gasteiger partial charge in [-0.1, -0.05) is 98.0 Å². The average molecular weight is 913 g/mol. The fraction of sp³-hybridized carbons (Fsp3) is 0.153. The predicted octanol–water partition coefficient (Wildman–Crippen LogP) is 16.1. The van der Waals surface area contributed by atoms with E-state index in [0.29, 0.717) is 24.2 Å². The summed E-state index contributed by atoms with van der Waals surface area (Å²) < 4.78 is 0. The van der Waals surface area contributed by atoms with Crippen molar-refractivity contribution >= 4 is 70.1 Å². The van der Waals surface area contributed by atoms with Gasteiger partial charge in [-0.25, -0.2) is 0 Å². The number of rotatable bonds is 10. The number of nitrogens with zero attached hydrogens (tertiary/aromatic N) is 4. The molecule has 0 radical (unpaired) electrons. The normalized spacial score (nSPS) is 13.2. The van der Waals surface area contributed by atoms with Crippen LogP contribution >= 0.6 is 23.5 Å². The molecule has 6 nitrogen and oxygen atoms in total. The Labute approximate surface area is 402 Å². The van der Waals surface area contributed by atoms with Gasteiger partial charge in [-0.3, -0.25) is 9.98 Å². The van der Waals surface area contributed by atoms with Crippen LogP contribution in [0.2, 0.25) is 0 Å². The lowest BCUT2D eigenvalue weighted by molar-refractivity contribution is 0.396. The maximum absolute atomic E-state index is 11.2. The van der Waals surface area contributed by atoms with Crippen molar-refractivity contribution in [3.8, 4) is 33.8 Å². The Morgan fingerprint density at radius 2 is 0.761 bits per heavy atom. The van der Waals surface area contributed by atoms with E-state index in [0.717, 1.165) is 55.9 Å². The van der Waals surface area contributed by atoms with Crippen LogP contribution in [0.4, 0.5) is 34.1 Å². The van der Waals surface area contributed by atoms with Gasteiger partial charge in [-0.15, -0.1) is 0 Å². The second kappa shape index (κ2) is 18.0. The van der Waals surface area contributed by atoms with E-state index in [4.69, 9.17) is 9.98 Å². The summed E-state index contributed by atoms with van der Waals surface area (Å²) >= 11 is 3.61. The first-order valence-corrected chi connectivity index (χ1v) is 24.3. The molecular formula is C59H52N4O2S2. The van der Waals surface area contributed by atoms with Gasteiger partial charge in [-0.2, -0.15) is 0 Å². The maximum Gasteiger partial charge on any atom is 0.124 e. The molecule has 332 valence electrons. The van der Waals surface area contributed by atoms with Gasteiger partial charge in [-0.05, 0) is 169 Å². The molecule has 8 aromatic carbocycles. The van der Waals surface area contributed by atoms with Crippen molar-refractivity contribution in [1.29, 1.82) is 0 Å². The highest BCUT2D eigenvalue weighted by atomic mass is 32.2. The lowest BCUT2D eigenvalue weighted by Crippen LogP contribution is -2.19. The van der Waals surface area contributed by atoms with Gasteiger partial charge in [0.15, 0.2) is 0 Å². The van der Waals surface area contributed by atoms with Crippen LogP contribution in [0.5, 0.6) is 11.5 Å². The van der Waals surface area contributed by atoms with Crippen molar-refractivity contribution in [1.82, 2.24) is 0 Å². The molecule has 0 saturated carbocycles. The summed E-state index contributed by atoms with van der Waals surface area (Å²) in [6.45, 7) is 13.8. The largest absolute Gasteiger partial charge is 0.507 e. The Balaban J connectivity index is 0.799. The molecule has 0 aliphatic carbocycles. The van der Waals surface area contributed by atoms with Crippen molar-refractivity contribution in [3.63, 3.8) is 0 Å². The highest BCUT2D eigenvalue weighted by molar-refractivity contribution is 8.00. The number of aromatic hydroxyl groups is 2. The quantitative estimate of drug-likeness (QED) is 0.133. The minimum atomic E-state index is -0.258. The van der Waals surface area contributed by atoms with Crippen molar-refractivity contribution < 1.29 is 10.2 Å². The van der Waals surface area contributed by atoms with Crippen molar-refractivity contribution in [3.05, 3.63) is 191 Å². The van der Waals surface area contributed by atoms with Gasteiger partial charge in [0.05, 0.1) is 22.7 Å².